The van der Waals surface area contributed by atoms with Crippen LogP contribution in [0, 0.1) is 0 Å². The summed E-state index contributed by atoms with van der Waals surface area (Å²) in [5.74, 6) is -0.120. The molecule has 168 valence electrons. The molecule has 0 atom stereocenters. The van der Waals surface area contributed by atoms with Crippen molar-refractivity contribution in [2.45, 2.75) is 104 Å². The van der Waals surface area contributed by atoms with Crippen LogP contribution in [-0.4, -0.2) is 51.0 Å². The molecular formula is C20H46O5Si3. The highest BCUT2D eigenvalue weighted by Crippen LogP contribution is 2.26. The standard InChI is InChI=1S/C20H46O5Si3/c1-9-11-14-20(21)23-17-16-22-15-13-19-27(5,6)25-28(7,8)24-26(3,4)18-12-10-2/h9-19H2,1-8H3. The molecule has 0 radical (unpaired) electrons. The molecule has 0 amide bonds. The van der Waals surface area contributed by atoms with Gasteiger partial charge >= 0.3 is 14.5 Å². The van der Waals surface area contributed by atoms with Crippen molar-refractivity contribution in [1.82, 2.24) is 0 Å². The first-order valence-corrected chi connectivity index (χ1v) is 20.1. The maximum atomic E-state index is 11.4. The minimum absolute atomic E-state index is 0.120. The Morgan fingerprint density at radius 2 is 1.25 bits per heavy atom. The van der Waals surface area contributed by atoms with Crippen LogP contribution < -0.4 is 0 Å². The smallest absolute Gasteiger partial charge is 0.311 e. The third-order valence-corrected chi connectivity index (χ3v) is 15.9. The number of ether oxygens (including phenoxy) is 2. The molecule has 0 saturated heterocycles. The predicted octanol–water partition coefficient (Wildman–Crippen LogP) is 6.07. The van der Waals surface area contributed by atoms with E-state index in [1.165, 1.54) is 18.9 Å². The quantitative estimate of drug-likeness (QED) is 0.153. The van der Waals surface area contributed by atoms with Crippen LogP contribution in [0.3, 0.4) is 0 Å². The SMILES string of the molecule is CCCCC(=O)OCCOCCC[Si](C)(C)O[Si](C)(C)O[Si](C)(C)CCCC. The van der Waals surface area contributed by atoms with Crippen LogP contribution in [-0.2, 0) is 22.5 Å². The number of carbonyl (C=O) groups is 1. The van der Waals surface area contributed by atoms with Gasteiger partial charge in [0.1, 0.15) is 6.61 Å². The lowest BCUT2D eigenvalue weighted by molar-refractivity contribution is -0.145. The van der Waals surface area contributed by atoms with Crippen molar-refractivity contribution >= 4 is 31.2 Å². The van der Waals surface area contributed by atoms with Gasteiger partial charge in [0.05, 0.1) is 6.61 Å². The zero-order chi connectivity index (χ0) is 21.7. The number of carbonyl (C=O) groups excluding carboxylic acids is 1. The fraction of sp³-hybridized carbons (Fsp3) is 0.950. The van der Waals surface area contributed by atoms with E-state index in [9.17, 15) is 4.79 Å². The maximum Gasteiger partial charge on any atom is 0.311 e. The lowest BCUT2D eigenvalue weighted by Crippen LogP contribution is -2.52. The highest BCUT2D eigenvalue weighted by Gasteiger charge is 2.39. The zero-order valence-electron chi connectivity index (χ0n) is 19.8. The Hall–Kier alpha value is 0.000649. The highest BCUT2D eigenvalue weighted by molar-refractivity contribution is 6.87. The molecule has 0 aromatic heterocycles. The molecule has 8 heteroatoms. The summed E-state index contributed by atoms with van der Waals surface area (Å²) in [6.45, 7) is 19.4. The Kier molecular flexibility index (Phi) is 14.1. The summed E-state index contributed by atoms with van der Waals surface area (Å²) < 4.78 is 23.9. The summed E-state index contributed by atoms with van der Waals surface area (Å²) in [6.07, 6.45) is 5.85. The summed E-state index contributed by atoms with van der Waals surface area (Å²) in [7, 11) is -5.52. The molecule has 0 aromatic carbocycles. The first-order valence-electron chi connectivity index (χ1n) is 11.1. The van der Waals surface area contributed by atoms with Crippen LogP contribution in [0.5, 0.6) is 0 Å². The molecule has 28 heavy (non-hydrogen) atoms. The number of esters is 1. The zero-order valence-corrected chi connectivity index (χ0v) is 22.8. The van der Waals surface area contributed by atoms with Crippen LogP contribution >= 0.6 is 0 Å². The monoisotopic (exact) mass is 450 g/mol. The summed E-state index contributed by atoms with van der Waals surface area (Å²) in [4.78, 5) is 11.4. The van der Waals surface area contributed by atoms with Gasteiger partial charge in [-0.15, -0.1) is 0 Å². The Balaban J connectivity index is 4.04. The number of hydrogen-bond donors (Lipinski definition) is 0. The van der Waals surface area contributed by atoms with E-state index < -0.39 is 25.2 Å². The van der Waals surface area contributed by atoms with Crippen molar-refractivity contribution in [3.05, 3.63) is 0 Å². The number of hydrogen-bond acceptors (Lipinski definition) is 5. The van der Waals surface area contributed by atoms with Gasteiger partial charge in [0.2, 0.25) is 0 Å². The molecule has 0 unspecified atom stereocenters. The fourth-order valence-electron chi connectivity index (χ4n) is 3.37. The van der Waals surface area contributed by atoms with E-state index in [1.807, 2.05) is 0 Å². The minimum Gasteiger partial charge on any atom is -0.463 e. The van der Waals surface area contributed by atoms with Crippen molar-refractivity contribution in [2.75, 3.05) is 19.8 Å². The minimum atomic E-state index is -2.10. The van der Waals surface area contributed by atoms with E-state index >= 15 is 0 Å². The largest absolute Gasteiger partial charge is 0.463 e. The summed E-state index contributed by atoms with van der Waals surface area (Å²) in [5, 5.41) is 0. The van der Waals surface area contributed by atoms with Gasteiger partial charge in [-0.25, -0.2) is 0 Å². The van der Waals surface area contributed by atoms with Crippen LogP contribution in [0.15, 0.2) is 0 Å². The van der Waals surface area contributed by atoms with E-state index in [-0.39, 0.29) is 5.97 Å². The van der Waals surface area contributed by atoms with Crippen LogP contribution in [0.25, 0.3) is 0 Å². The Bertz CT molecular complexity index is 428. The van der Waals surface area contributed by atoms with Gasteiger partial charge in [0.25, 0.3) is 0 Å². The second-order valence-electron chi connectivity index (χ2n) is 9.27. The normalized spacial score (nSPS) is 13.0. The number of unbranched alkanes of at least 4 members (excludes halogenated alkanes) is 2. The van der Waals surface area contributed by atoms with Crippen molar-refractivity contribution in [2.24, 2.45) is 0 Å². The molecule has 0 aromatic rings. The molecule has 0 heterocycles. The highest BCUT2D eigenvalue weighted by atomic mass is 28.5. The van der Waals surface area contributed by atoms with E-state index in [4.69, 9.17) is 17.7 Å². The van der Waals surface area contributed by atoms with Gasteiger partial charge in [-0.1, -0.05) is 33.1 Å². The van der Waals surface area contributed by atoms with Crippen LogP contribution in [0.2, 0.25) is 51.4 Å². The average molecular weight is 451 g/mol. The molecule has 0 rings (SSSR count). The topological polar surface area (TPSA) is 54.0 Å². The molecule has 0 fully saturated rings. The molecule has 0 aliphatic carbocycles. The van der Waals surface area contributed by atoms with Crippen molar-refractivity contribution in [1.29, 1.82) is 0 Å². The second-order valence-corrected chi connectivity index (χ2v) is 21.7. The van der Waals surface area contributed by atoms with Crippen molar-refractivity contribution in [3.63, 3.8) is 0 Å². The van der Waals surface area contributed by atoms with Crippen molar-refractivity contribution in [3.8, 4) is 0 Å². The van der Waals surface area contributed by atoms with Gasteiger partial charge in [-0.3, -0.25) is 4.79 Å². The van der Waals surface area contributed by atoms with Gasteiger partial charge in [-0.2, -0.15) is 0 Å². The Morgan fingerprint density at radius 3 is 1.79 bits per heavy atom. The second kappa shape index (κ2) is 14.1. The Labute approximate surface area is 177 Å². The third kappa shape index (κ3) is 15.9. The maximum absolute atomic E-state index is 11.4. The Morgan fingerprint density at radius 1 is 0.714 bits per heavy atom. The lowest BCUT2D eigenvalue weighted by Gasteiger charge is -2.38. The molecule has 5 nitrogen and oxygen atoms in total. The average Bonchev–Trinajstić information content (AvgIpc) is 2.55. The molecule has 0 saturated carbocycles. The summed E-state index contributed by atoms with van der Waals surface area (Å²) in [6, 6.07) is 2.27. The molecule has 0 bridgehead atoms. The number of rotatable bonds is 17. The van der Waals surface area contributed by atoms with E-state index in [2.05, 4.69) is 53.1 Å². The van der Waals surface area contributed by atoms with E-state index in [0.717, 1.165) is 25.3 Å². The fourth-order valence-corrected chi connectivity index (χ4v) is 17.6. The van der Waals surface area contributed by atoms with Gasteiger partial charge in [-0.05, 0) is 64.2 Å². The molecule has 0 aliphatic rings. The van der Waals surface area contributed by atoms with Gasteiger partial charge in [0.15, 0.2) is 16.6 Å². The lowest BCUT2D eigenvalue weighted by atomic mass is 10.2. The van der Waals surface area contributed by atoms with Crippen LogP contribution in [0.4, 0.5) is 0 Å². The first kappa shape index (κ1) is 28.0. The van der Waals surface area contributed by atoms with Crippen LogP contribution in [0.1, 0.15) is 52.4 Å². The molecule has 0 aliphatic heterocycles. The van der Waals surface area contributed by atoms with Gasteiger partial charge < -0.3 is 17.7 Å². The van der Waals surface area contributed by atoms with E-state index in [0.29, 0.717) is 26.2 Å². The molecule has 0 spiro atoms. The predicted molar refractivity (Wildman–Crippen MR) is 125 cm³/mol. The van der Waals surface area contributed by atoms with Crippen molar-refractivity contribution < 1.29 is 22.5 Å². The molecule has 0 N–H and O–H groups in total. The first-order chi connectivity index (χ1) is 12.9. The van der Waals surface area contributed by atoms with Gasteiger partial charge in [0, 0.05) is 13.0 Å². The third-order valence-electron chi connectivity index (χ3n) is 4.47. The molecular weight excluding hydrogens is 404 g/mol. The summed E-state index contributed by atoms with van der Waals surface area (Å²) >= 11 is 0. The van der Waals surface area contributed by atoms with E-state index in [1.54, 1.807) is 0 Å². The summed E-state index contributed by atoms with van der Waals surface area (Å²) in [5.41, 5.74) is 0.